The van der Waals surface area contributed by atoms with Crippen LogP contribution in [0.1, 0.15) is 72.1 Å². The van der Waals surface area contributed by atoms with Gasteiger partial charge in [-0.1, -0.05) is 20.8 Å². The average Bonchev–Trinajstić information content (AvgIpc) is 3.05. The normalized spacial score (nSPS) is 49.5. The predicted octanol–water partition coefficient (Wildman–Crippen LogP) is 2.60. The molecule has 0 saturated heterocycles. The van der Waals surface area contributed by atoms with Crippen LogP contribution in [0.4, 0.5) is 0 Å². The summed E-state index contributed by atoms with van der Waals surface area (Å²) in [4.78, 5) is 30.7. The van der Waals surface area contributed by atoms with Gasteiger partial charge in [0.2, 0.25) is 0 Å². The molecule has 0 amide bonds. The fourth-order valence-electron chi connectivity index (χ4n) is 9.03. The van der Waals surface area contributed by atoms with Gasteiger partial charge in [0.1, 0.15) is 0 Å². The highest BCUT2D eigenvalue weighted by Gasteiger charge is 2.65. The number of carboxylic acids is 1. The van der Waals surface area contributed by atoms with Gasteiger partial charge < -0.3 is 30.2 Å². The predicted molar refractivity (Wildman–Crippen MR) is 121 cm³/mol. The van der Waals surface area contributed by atoms with Crippen LogP contribution >= 0.6 is 7.60 Å². The summed E-state index contributed by atoms with van der Waals surface area (Å²) in [5.74, 6) is -1.31. The van der Waals surface area contributed by atoms with Gasteiger partial charge in [-0.15, -0.1) is 0 Å². The maximum Gasteiger partial charge on any atom is 0.339 e. The van der Waals surface area contributed by atoms with Crippen LogP contribution in [-0.4, -0.2) is 60.2 Å². The molecular formula is C24H41O8P. The van der Waals surface area contributed by atoms with E-state index in [9.17, 15) is 39.6 Å². The molecule has 0 aromatic carbocycles. The Labute approximate surface area is 195 Å². The molecule has 1 unspecified atom stereocenters. The summed E-state index contributed by atoms with van der Waals surface area (Å²) in [6.45, 7) is 6.17. The molecule has 0 aromatic rings. The van der Waals surface area contributed by atoms with E-state index in [1.165, 1.54) is 0 Å². The molecule has 0 aromatic heterocycles. The molecule has 6 N–H and O–H groups in total. The van der Waals surface area contributed by atoms with Crippen molar-refractivity contribution >= 4 is 13.6 Å². The molecular weight excluding hydrogens is 447 g/mol. The zero-order valence-corrected chi connectivity index (χ0v) is 20.8. The fraction of sp³-hybridized carbons (Fsp3) is 0.958. The third-order valence-corrected chi connectivity index (χ3v) is 12.1. The standard InChI is InChI=1S/C24H41O8P/c1-12(8-19(22(28)29)33(30,31)32)15-4-5-16-21-17(11-20(27)24(15,16)3)23(2)7-6-14(25)9-13(23)10-18(21)26/h12-21,25-27H,4-11H2,1-3H3,(H,28,29)(H2,30,31,32)/t12-,13+,14-,15-,16+,17+,18-,19?,20+,21+,23+,24-/m1/s1. The van der Waals surface area contributed by atoms with Crippen molar-refractivity contribution in [2.45, 2.75) is 96.1 Å². The van der Waals surface area contributed by atoms with Gasteiger partial charge in [0.15, 0.2) is 5.66 Å². The lowest BCUT2D eigenvalue weighted by Crippen LogP contribution is -2.62. The van der Waals surface area contributed by atoms with E-state index in [1.807, 2.05) is 13.8 Å². The molecule has 0 bridgehead atoms. The molecule has 0 heterocycles. The highest BCUT2D eigenvalue weighted by molar-refractivity contribution is 7.53. The maximum absolute atomic E-state index is 11.8. The molecule has 0 spiro atoms. The lowest BCUT2D eigenvalue weighted by molar-refractivity contribution is -0.207. The van der Waals surface area contributed by atoms with Gasteiger partial charge in [0.25, 0.3) is 0 Å². The Bertz CT molecular complexity index is 814. The second-order valence-electron chi connectivity index (χ2n) is 12.2. The summed E-state index contributed by atoms with van der Waals surface area (Å²) >= 11 is 0. The van der Waals surface area contributed by atoms with E-state index >= 15 is 0 Å². The van der Waals surface area contributed by atoms with Crippen LogP contribution in [0.5, 0.6) is 0 Å². The Hall–Kier alpha value is -0.500. The van der Waals surface area contributed by atoms with Gasteiger partial charge in [-0.2, -0.15) is 0 Å². The highest BCUT2D eigenvalue weighted by atomic mass is 31.2. The Balaban J connectivity index is 1.61. The summed E-state index contributed by atoms with van der Waals surface area (Å²) in [7, 11) is -4.79. The second kappa shape index (κ2) is 8.56. The van der Waals surface area contributed by atoms with Crippen molar-refractivity contribution in [3.8, 4) is 0 Å². The number of carbonyl (C=O) groups is 1. The Morgan fingerprint density at radius 2 is 1.70 bits per heavy atom. The lowest BCUT2D eigenvalue weighted by atomic mass is 9.43. The van der Waals surface area contributed by atoms with Crippen molar-refractivity contribution in [1.82, 2.24) is 0 Å². The summed E-state index contributed by atoms with van der Waals surface area (Å²) in [6, 6.07) is 0. The minimum atomic E-state index is -4.79. The first kappa shape index (κ1) is 25.6. The number of aliphatic hydroxyl groups is 3. The Kier molecular flexibility index (Phi) is 6.64. The molecule has 12 atom stereocenters. The molecule has 190 valence electrons. The number of fused-ring (bicyclic) bond motifs is 5. The molecule has 4 saturated carbocycles. The van der Waals surface area contributed by atoms with E-state index in [-0.39, 0.29) is 53.4 Å². The van der Waals surface area contributed by atoms with Crippen LogP contribution in [0.2, 0.25) is 0 Å². The van der Waals surface area contributed by atoms with Gasteiger partial charge in [-0.25, -0.2) is 0 Å². The molecule has 33 heavy (non-hydrogen) atoms. The van der Waals surface area contributed by atoms with E-state index in [1.54, 1.807) is 0 Å². The Morgan fingerprint density at radius 3 is 2.30 bits per heavy atom. The van der Waals surface area contributed by atoms with Gasteiger partial charge in [0.05, 0.1) is 18.3 Å². The van der Waals surface area contributed by atoms with Crippen molar-refractivity contribution in [2.24, 2.45) is 46.3 Å². The van der Waals surface area contributed by atoms with Gasteiger partial charge in [0, 0.05) is 0 Å². The molecule has 0 radical (unpaired) electrons. The summed E-state index contributed by atoms with van der Waals surface area (Å²) in [6.07, 6.45) is 3.59. The van der Waals surface area contributed by atoms with Crippen molar-refractivity contribution in [1.29, 1.82) is 0 Å². The van der Waals surface area contributed by atoms with Crippen LogP contribution in [0.3, 0.4) is 0 Å². The topological polar surface area (TPSA) is 156 Å². The lowest BCUT2D eigenvalue weighted by Gasteiger charge is -2.63. The van der Waals surface area contributed by atoms with Crippen LogP contribution in [0, 0.1) is 46.3 Å². The zero-order valence-electron chi connectivity index (χ0n) is 19.9. The number of rotatable bonds is 5. The fourth-order valence-corrected chi connectivity index (χ4v) is 9.93. The van der Waals surface area contributed by atoms with Gasteiger partial charge in [-0.05, 0) is 97.7 Å². The van der Waals surface area contributed by atoms with E-state index in [2.05, 4.69) is 6.92 Å². The molecule has 0 aliphatic heterocycles. The quantitative estimate of drug-likeness (QED) is 0.323. The zero-order chi connectivity index (χ0) is 24.5. The number of carboxylic acid groups (broad SMARTS) is 1. The highest BCUT2D eigenvalue weighted by Crippen LogP contribution is 2.68. The van der Waals surface area contributed by atoms with E-state index < -0.39 is 36.8 Å². The third kappa shape index (κ3) is 4.03. The summed E-state index contributed by atoms with van der Waals surface area (Å²) < 4.78 is 11.8. The van der Waals surface area contributed by atoms with Crippen molar-refractivity contribution in [3.05, 3.63) is 0 Å². The first-order valence-corrected chi connectivity index (χ1v) is 14.2. The molecule has 4 rings (SSSR count). The van der Waals surface area contributed by atoms with Crippen LogP contribution in [0.25, 0.3) is 0 Å². The van der Waals surface area contributed by atoms with Crippen molar-refractivity contribution in [3.63, 3.8) is 0 Å². The molecule has 4 aliphatic carbocycles. The number of aliphatic carboxylic acids is 1. The Morgan fingerprint density at radius 1 is 1.03 bits per heavy atom. The largest absolute Gasteiger partial charge is 0.481 e. The van der Waals surface area contributed by atoms with Gasteiger partial charge >= 0.3 is 13.6 Å². The average molecular weight is 489 g/mol. The SMILES string of the molecule is C[C@H](CC(C(=O)O)P(=O)(O)O)[C@H]1CC[C@H]2[C@@H]3[C@H](O)C[C@@H]4C[C@H](O)CC[C@]4(C)[C@H]3C[C@H](O)[C@]12C. The molecule has 4 aliphatic rings. The molecule has 4 fully saturated rings. The molecule has 8 nitrogen and oxygen atoms in total. The first-order chi connectivity index (χ1) is 15.2. The monoisotopic (exact) mass is 488 g/mol. The van der Waals surface area contributed by atoms with Crippen LogP contribution < -0.4 is 0 Å². The summed E-state index contributed by atoms with van der Waals surface area (Å²) in [5, 5.41) is 42.5. The first-order valence-electron chi connectivity index (χ1n) is 12.5. The van der Waals surface area contributed by atoms with Crippen LogP contribution in [0.15, 0.2) is 0 Å². The number of hydrogen-bond donors (Lipinski definition) is 6. The smallest absolute Gasteiger partial charge is 0.339 e. The third-order valence-electron chi connectivity index (χ3n) is 10.8. The number of aliphatic hydroxyl groups excluding tert-OH is 3. The van der Waals surface area contributed by atoms with E-state index in [0.717, 1.165) is 25.7 Å². The maximum atomic E-state index is 11.8. The minimum Gasteiger partial charge on any atom is -0.481 e. The van der Waals surface area contributed by atoms with Crippen molar-refractivity contribution in [2.75, 3.05) is 0 Å². The van der Waals surface area contributed by atoms with E-state index in [4.69, 9.17) is 0 Å². The van der Waals surface area contributed by atoms with Crippen molar-refractivity contribution < 1.29 is 39.6 Å². The van der Waals surface area contributed by atoms with Gasteiger partial charge in [-0.3, -0.25) is 9.36 Å². The second-order valence-corrected chi connectivity index (χ2v) is 14.0. The van der Waals surface area contributed by atoms with Crippen LogP contribution in [-0.2, 0) is 9.36 Å². The number of hydrogen-bond acceptors (Lipinski definition) is 5. The minimum absolute atomic E-state index is 0.0238. The summed E-state index contributed by atoms with van der Waals surface area (Å²) in [5.41, 5.74) is -2.29. The molecule has 9 heteroatoms. The van der Waals surface area contributed by atoms with E-state index in [0.29, 0.717) is 19.3 Å².